The highest BCUT2D eigenvalue weighted by Gasteiger charge is 2.41. The number of hydrogen-bond acceptors (Lipinski definition) is 3. The van der Waals surface area contributed by atoms with Crippen molar-refractivity contribution in [2.45, 2.75) is 12.3 Å². The average molecular weight is 688 g/mol. The van der Waals surface area contributed by atoms with Gasteiger partial charge in [-0.25, -0.2) is 15.0 Å². The smallest absolute Gasteiger partial charge is 0.164 e. The topological polar surface area (TPSA) is 38.7 Å². The fraction of sp³-hybridized carbons (Fsp3) is 0.0392. The van der Waals surface area contributed by atoms with Crippen molar-refractivity contribution in [1.29, 1.82) is 0 Å². The van der Waals surface area contributed by atoms with Gasteiger partial charge in [0.15, 0.2) is 17.5 Å². The molecule has 0 N–H and O–H groups in total. The summed E-state index contributed by atoms with van der Waals surface area (Å²) in [7, 11) is 0. The Morgan fingerprint density at radius 2 is 0.889 bits per heavy atom. The van der Waals surface area contributed by atoms with Crippen LogP contribution in [0.15, 0.2) is 182 Å². The van der Waals surface area contributed by atoms with Gasteiger partial charge >= 0.3 is 0 Å². The van der Waals surface area contributed by atoms with Gasteiger partial charge < -0.3 is 0 Å². The Bertz CT molecular complexity index is 2970. The van der Waals surface area contributed by atoms with Gasteiger partial charge in [-0.15, -0.1) is 0 Å². The highest BCUT2D eigenvalue weighted by molar-refractivity contribution is 6.25. The maximum Gasteiger partial charge on any atom is 0.164 e. The second kappa shape index (κ2) is 11.8. The number of aromatic nitrogens is 3. The fourth-order valence-electron chi connectivity index (χ4n) is 8.85. The molecule has 0 fully saturated rings. The van der Waals surface area contributed by atoms with Gasteiger partial charge in [0.1, 0.15) is 0 Å². The van der Waals surface area contributed by atoms with Crippen LogP contribution in [0.2, 0.25) is 0 Å². The van der Waals surface area contributed by atoms with Gasteiger partial charge in [0.2, 0.25) is 0 Å². The number of hydrogen-bond donors (Lipinski definition) is 0. The Kier molecular flexibility index (Phi) is 6.68. The van der Waals surface area contributed by atoms with Crippen molar-refractivity contribution in [1.82, 2.24) is 15.0 Å². The Morgan fingerprint density at radius 3 is 1.56 bits per heavy atom. The van der Waals surface area contributed by atoms with E-state index in [1.165, 1.54) is 71.3 Å². The van der Waals surface area contributed by atoms with Crippen LogP contribution >= 0.6 is 0 Å². The molecule has 0 amide bonds. The van der Waals surface area contributed by atoms with Crippen molar-refractivity contribution in [2.24, 2.45) is 0 Å². The SMILES string of the molecule is CC1(c2ccccc2)c2ccc(-c3nc(-c4ccccc4)nc(-c4ccccc4)n3)cc2-c2ccc(-c3ccc4ccc5cccc6ccc3c4c56)cc21. The van der Waals surface area contributed by atoms with Crippen molar-refractivity contribution in [3.8, 4) is 56.4 Å². The van der Waals surface area contributed by atoms with Gasteiger partial charge in [0.25, 0.3) is 0 Å². The van der Waals surface area contributed by atoms with Crippen LogP contribution in [0.3, 0.4) is 0 Å². The van der Waals surface area contributed by atoms with E-state index < -0.39 is 0 Å². The maximum atomic E-state index is 5.07. The molecular weight excluding hydrogens is 655 g/mol. The second-order valence-corrected chi connectivity index (χ2v) is 14.5. The summed E-state index contributed by atoms with van der Waals surface area (Å²) in [5, 5.41) is 7.80. The average Bonchev–Trinajstić information content (AvgIpc) is 3.50. The van der Waals surface area contributed by atoms with Crippen LogP contribution in [0, 0.1) is 0 Å². The van der Waals surface area contributed by atoms with Gasteiger partial charge in [-0.05, 0) is 90.3 Å². The van der Waals surface area contributed by atoms with E-state index in [1.807, 2.05) is 36.4 Å². The monoisotopic (exact) mass is 687 g/mol. The Morgan fingerprint density at radius 1 is 0.352 bits per heavy atom. The number of benzene rings is 9. The molecule has 11 rings (SSSR count). The zero-order valence-corrected chi connectivity index (χ0v) is 29.7. The van der Waals surface area contributed by atoms with Gasteiger partial charge in [0, 0.05) is 22.1 Å². The molecule has 10 aromatic rings. The summed E-state index contributed by atoms with van der Waals surface area (Å²) in [6.45, 7) is 2.38. The maximum absolute atomic E-state index is 5.07. The number of fused-ring (bicyclic) bond motifs is 3. The van der Waals surface area contributed by atoms with E-state index in [2.05, 4.69) is 153 Å². The fourth-order valence-corrected chi connectivity index (χ4v) is 8.85. The molecule has 3 heteroatoms. The Hall–Kier alpha value is -6.97. The van der Waals surface area contributed by atoms with Crippen molar-refractivity contribution < 1.29 is 0 Å². The van der Waals surface area contributed by atoms with Crippen LogP contribution in [0.5, 0.6) is 0 Å². The molecule has 54 heavy (non-hydrogen) atoms. The Balaban J connectivity index is 1.11. The lowest BCUT2D eigenvalue weighted by atomic mass is 9.73. The molecule has 0 spiro atoms. The second-order valence-electron chi connectivity index (χ2n) is 14.5. The molecule has 0 saturated heterocycles. The van der Waals surface area contributed by atoms with E-state index in [9.17, 15) is 0 Å². The molecule has 1 aliphatic carbocycles. The molecule has 3 nitrogen and oxygen atoms in total. The minimum atomic E-state index is -0.367. The molecule has 0 bridgehead atoms. The van der Waals surface area contributed by atoms with Crippen LogP contribution in [-0.4, -0.2) is 15.0 Å². The lowest BCUT2D eigenvalue weighted by Crippen LogP contribution is -2.22. The molecule has 0 aliphatic heterocycles. The predicted octanol–water partition coefficient (Wildman–Crippen LogP) is 12.8. The minimum Gasteiger partial charge on any atom is -0.208 e. The standard InChI is InChI=1S/C51H33N3/c1-51(39-18-9-4-10-19-39)44-29-25-38(50-53-48(35-12-5-2-6-13-35)52-49(54-50)36-14-7-3-8-15-36)30-43(44)41-27-24-37(31-45(41)51)40-26-22-34-21-20-32-16-11-17-33-23-28-42(40)47(34)46(32)33/h2-31H,1H3. The summed E-state index contributed by atoms with van der Waals surface area (Å²) >= 11 is 0. The van der Waals surface area contributed by atoms with Crippen molar-refractivity contribution in [2.75, 3.05) is 0 Å². The first-order valence-corrected chi connectivity index (χ1v) is 18.5. The number of nitrogens with zero attached hydrogens (tertiary/aromatic N) is 3. The highest BCUT2D eigenvalue weighted by atomic mass is 15.0. The van der Waals surface area contributed by atoms with Gasteiger partial charge in [0.05, 0.1) is 0 Å². The van der Waals surface area contributed by atoms with Crippen LogP contribution in [0.4, 0.5) is 0 Å². The van der Waals surface area contributed by atoms with Gasteiger partial charge in [-0.1, -0.05) is 170 Å². The van der Waals surface area contributed by atoms with Crippen LogP contribution < -0.4 is 0 Å². The first kappa shape index (κ1) is 30.6. The zero-order chi connectivity index (χ0) is 35.8. The molecule has 1 aromatic heterocycles. The third-order valence-corrected chi connectivity index (χ3v) is 11.6. The zero-order valence-electron chi connectivity index (χ0n) is 29.7. The molecule has 0 saturated carbocycles. The van der Waals surface area contributed by atoms with Gasteiger partial charge in [-0.2, -0.15) is 0 Å². The summed E-state index contributed by atoms with van der Waals surface area (Å²) in [5.74, 6) is 1.98. The summed E-state index contributed by atoms with van der Waals surface area (Å²) in [4.78, 5) is 15.1. The first-order valence-electron chi connectivity index (χ1n) is 18.5. The molecule has 1 heterocycles. The molecule has 0 radical (unpaired) electrons. The summed E-state index contributed by atoms with van der Waals surface area (Å²) in [5.41, 5.74) is 11.3. The first-order chi connectivity index (χ1) is 26.6. The van der Waals surface area contributed by atoms with E-state index in [4.69, 9.17) is 15.0 Å². The largest absolute Gasteiger partial charge is 0.208 e. The van der Waals surface area contributed by atoms with Crippen LogP contribution in [-0.2, 0) is 5.41 Å². The summed E-state index contributed by atoms with van der Waals surface area (Å²) in [6.07, 6.45) is 0. The van der Waals surface area contributed by atoms with Crippen LogP contribution in [0.1, 0.15) is 23.6 Å². The summed E-state index contributed by atoms with van der Waals surface area (Å²) in [6, 6.07) is 65.4. The van der Waals surface area contributed by atoms with Crippen molar-refractivity contribution in [3.63, 3.8) is 0 Å². The van der Waals surface area contributed by atoms with E-state index in [0.717, 1.165) is 16.7 Å². The molecule has 252 valence electrons. The third kappa shape index (κ3) is 4.58. The molecule has 1 atom stereocenters. The van der Waals surface area contributed by atoms with E-state index in [1.54, 1.807) is 0 Å². The number of rotatable bonds is 5. The van der Waals surface area contributed by atoms with Crippen LogP contribution in [0.25, 0.3) is 88.7 Å². The van der Waals surface area contributed by atoms with E-state index in [-0.39, 0.29) is 5.41 Å². The van der Waals surface area contributed by atoms with E-state index in [0.29, 0.717) is 17.5 Å². The minimum absolute atomic E-state index is 0.367. The normalized spacial score (nSPS) is 14.8. The predicted molar refractivity (Wildman–Crippen MR) is 223 cm³/mol. The quantitative estimate of drug-likeness (QED) is 0.169. The molecular formula is C51H33N3. The van der Waals surface area contributed by atoms with Gasteiger partial charge in [-0.3, -0.25) is 0 Å². The highest BCUT2D eigenvalue weighted by Crippen LogP contribution is 2.54. The Labute approximate surface area is 313 Å². The molecule has 1 aliphatic rings. The lowest BCUT2D eigenvalue weighted by molar-refractivity contribution is 0.714. The lowest BCUT2D eigenvalue weighted by Gasteiger charge is -2.29. The van der Waals surface area contributed by atoms with E-state index >= 15 is 0 Å². The molecule has 9 aromatic carbocycles. The summed E-state index contributed by atoms with van der Waals surface area (Å²) < 4.78 is 0. The molecule has 1 unspecified atom stereocenters. The van der Waals surface area contributed by atoms with Crippen molar-refractivity contribution >= 4 is 32.3 Å². The third-order valence-electron chi connectivity index (χ3n) is 11.6. The van der Waals surface area contributed by atoms with Crippen molar-refractivity contribution in [3.05, 3.63) is 199 Å².